The molecule has 5 aliphatic rings. The quantitative estimate of drug-likeness (QED) is 0.166. The molecule has 0 unspecified atom stereocenters. The molecule has 8 N–H and O–H groups in total. The number of nitrogens with one attached hydrogen (secondary N) is 2. The van der Waals surface area contributed by atoms with Crippen LogP contribution in [0.4, 0.5) is 4.79 Å². The molecule has 15 nitrogen and oxygen atoms in total. The lowest BCUT2D eigenvalue weighted by molar-refractivity contribution is -0.230. The van der Waals surface area contributed by atoms with Gasteiger partial charge in [-0.1, -0.05) is 26.0 Å². The van der Waals surface area contributed by atoms with Gasteiger partial charge in [-0.3, -0.25) is 14.5 Å². The van der Waals surface area contributed by atoms with Crippen molar-refractivity contribution in [1.82, 2.24) is 25.3 Å². The van der Waals surface area contributed by atoms with Gasteiger partial charge in [0, 0.05) is 18.7 Å². The molecule has 4 atom stereocenters. The minimum Gasteiger partial charge on any atom is -0.492 e. The maximum Gasteiger partial charge on any atom is 0.327 e. The van der Waals surface area contributed by atoms with Gasteiger partial charge in [0.1, 0.15) is 24.4 Å². The van der Waals surface area contributed by atoms with Crippen molar-refractivity contribution in [3.05, 3.63) is 29.3 Å². The Morgan fingerprint density at radius 1 is 1.24 bits per heavy atom. The van der Waals surface area contributed by atoms with Gasteiger partial charge in [0.15, 0.2) is 17.6 Å². The fourth-order valence-electron chi connectivity index (χ4n) is 6.63. The summed E-state index contributed by atoms with van der Waals surface area (Å²) in [5.74, 6) is -3.35. The standard InChI is InChI=1S/C26H35N9O6/c1-4-33-12-17(36)34(23(33)38)10-15-19-25(32-21(27)31-19)26(39,40)16(11-35(25)22(28)29-15)30-20(37)13-6-5-7-14-18(13)41-9-8-24(14,2)3/h5-7,15-16,19,39-40H,4,8-12H2,1-3H3,(H2,28,29)(H,30,37)(H3,27,31,32)/t15-,16-,19-,25-/m0/s1. The summed E-state index contributed by atoms with van der Waals surface area (Å²) < 4.78 is 5.89. The third-order valence-electron chi connectivity index (χ3n) is 8.95. The zero-order valence-corrected chi connectivity index (χ0v) is 23.1. The predicted octanol–water partition coefficient (Wildman–Crippen LogP) is -2.19. The Kier molecular flexibility index (Phi) is 5.91. The smallest absolute Gasteiger partial charge is 0.327 e. The summed E-state index contributed by atoms with van der Waals surface area (Å²) >= 11 is 0. The minimum absolute atomic E-state index is 0.0605. The van der Waals surface area contributed by atoms with Gasteiger partial charge in [-0.05, 0) is 24.8 Å². The Balaban J connectivity index is 1.30. The van der Waals surface area contributed by atoms with E-state index in [0.717, 1.165) is 16.9 Å². The van der Waals surface area contributed by atoms with Gasteiger partial charge in [-0.15, -0.1) is 0 Å². The number of guanidine groups is 2. The number of amides is 4. The predicted molar refractivity (Wildman–Crippen MR) is 146 cm³/mol. The van der Waals surface area contributed by atoms with Gasteiger partial charge >= 0.3 is 6.03 Å². The van der Waals surface area contributed by atoms with Crippen molar-refractivity contribution in [2.45, 2.75) is 62.2 Å². The first-order chi connectivity index (χ1) is 19.3. The topological polar surface area (TPSA) is 211 Å². The van der Waals surface area contributed by atoms with E-state index in [1.807, 2.05) is 6.07 Å². The molecule has 1 aromatic rings. The minimum atomic E-state index is -2.67. The molecule has 0 aromatic heterocycles. The number of carbonyl (C=O) groups excluding carboxylic acids is 3. The molecular formula is C26H35N9O6. The summed E-state index contributed by atoms with van der Waals surface area (Å²) in [6.45, 7) is 6.34. The number of nitrogens with two attached hydrogens (primary N) is 2. The van der Waals surface area contributed by atoms with Crippen LogP contribution in [0.25, 0.3) is 0 Å². The van der Waals surface area contributed by atoms with Gasteiger partial charge in [0.2, 0.25) is 11.7 Å². The number of aliphatic imine (C=N–C) groups is 2. The van der Waals surface area contributed by atoms with Crippen molar-refractivity contribution in [3.8, 4) is 5.75 Å². The number of imide groups is 1. The van der Waals surface area contributed by atoms with E-state index in [1.165, 1.54) is 9.80 Å². The number of rotatable bonds is 5. The molecule has 41 heavy (non-hydrogen) atoms. The highest BCUT2D eigenvalue weighted by atomic mass is 16.5. The number of fused-ring (bicyclic) bond motifs is 1. The second-order valence-electron chi connectivity index (χ2n) is 11.7. The van der Waals surface area contributed by atoms with E-state index >= 15 is 0 Å². The Morgan fingerprint density at radius 3 is 2.71 bits per heavy atom. The molecule has 2 saturated heterocycles. The first-order valence-electron chi connectivity index (χ1n) is 13.7. The summed E-state index contributed by atoms with van der Waals surface area (Å²) in [5.41, 5.74) is 11.5. The van der Waals surface area contributed by atoms with E-state index in [4.69, 9.17) is 16.2 Å². The zero-order chi connectivity index (χ0) is 29.5. The highest BCUT2D eigenvalue weighted by Crippen LogP contribution is 2.45. The number of carbonyl (C=O) groups is 3. The van der Waals surface area contributed by atoms with Crippen molar-refractivity contribution in [2.24, 2.45) is 21.5 Å². The summed E-state index contributed by atoms with van der Waals surface area (Å²) in [6.07, 6.45) is 0.793. The van der Waals surface area contributed by atoms with Crippen molar-refractivity contribution in [3.63, 3.8) is 0 Å². The third-order valence-corrected chi connectivity index (χ3v) is 8.95. The maximum absolute atomic E-state index is 13.6. The summed E-state index contributed by atoms with van der Waals surface area (Å²) in [4.78, 5) is 51.7. The van der Waals surface area contributed by atoms with Crippen molar-refractivity contribution in [2.75, 3.05) is 32.8 Å². The molecule has 0 saturated carbocycles. The van der Waals surface area contributed by atoms with Crippen molar-refractivity contribution >= 4 is 29.8 Å². The monoisotopic (exact) mass is 569 g/mol. The van der Waals surface area contributed by atoms with Crippen molar-refractivity contribution < 1.29 is 29.3 Å². The average Bonchev–Trinajstić information content (AvgIpc) is 3.49. The summed E-state index contributed by atoms with van der Waals surface area (Å²) in [5, 5.41) is 29.1. The van der Waals surface area contributed by atoms with Gasteiger partial charge in [0.05, 0.1) is 24.8 Å². The molecule has 220 valence electrons. The zero-order valence-electron chi connectivity index (χ0n) is 23.1. The maximum atomic E-state index is 13.6. The number of aliphatic hydroxyl groups is 2. The first kappa shape index (κ1) is 27.1. The van der Waals surface area contributed by atoms with Crippen LogP contribution in [0.3, 0.4) is 0 Å². The Hall–Kier alpha value is -4.11. The number of likely N-dealkylation sites (N-methyl/N-ethyl adjacent to an activating group) is 1. The van der Waals surface area contributed by atoms with Gasteiger partial charge in [0.25, 0.3) is 5.91 Å². The lowest BCUT2D eigenvalue weighted by Crippen LogP contribution is -2.78. The Labute approximate surface area is 236 Å². The summed E-state index contributed by atoms with van der Waals surface area (Å²) in [6, 6.07) is 1.58. The van der Waals surface area contributed by atoms with Crippen LogP contribution in [-0.2, 0) is 10.2 Å². The number of ether oxygens (including phenoxy) is 1. The fraction of sp³-hybridized carbons (Fsp3) is 0.577. The SMILES string of the molecule is CCN1CC(=O)N(C[C@@H]2N=C(N)N3C[C@H](NC(=O)c4cccc5c4OCCC5(C)C)C(O)(O)[C@@]34NC(N)=N[C@@H]24)C1=O. The summed E-state index contributed by atoms with van der Waals surface area (Å²) in [7, 11) is 0. The highest BCUT2D eigenvalue weighted by Gasteiger charge is 2.73. The van der Waals surface area contributed by atoms with Crippen molar-refractivity contribution in [1.29, 1.82) is 0 Å². The molecule has 0 bridgehead atoms. The van der Waals surface area contributed by atoms with Crippen LogP contribution in [0.5, 0.6) is 5.75 Å². The van der Waals surface area contributed by atoms with Crippen LogP contribution >= 0.6 is 0 Å². The average molecular weight is 570 g/mol. The lowest BCUT2D eigenvalue weighted by Gasteiger charge is -2.49. The molecule has 1 aromatic carbocycles. The Morgan fingerprint density at radius 2 is 2.00 bits per heavy atom. The van der Waals surface area contributed by atoms with E-state index in [2.05, 4.69) is 34.5 Å². The largest absolute Gasteiger partial charge is 0.492 e. The molecule has 15 heteroatoms. The molecule has 2 fully saturated rings. The van der Waals surface area contributed by atoms with Crippen LogP contribution in [-0.4, -0.2) is 117 Å². The molecule has 4 amide bonds. The van der Waals surface area contributed by atoms with Crippen LogP contribution < -0.4 is 26.8 Å². The van der Waals surface area contributed by atoms with Crippen LogP contribution in [0.15, 0.2) is 28.2 Å². The number of benzene rings is 1. The van der Waals surface area contributed by atoms with E-state index in [1.54, 1.807) is 19.1 Å². The van der Waals surface area contributed by atoms with Crippen LogP contribution in [0, 0.1) is 0 Å². The number of hydrogen-bond acceptors (Lipinski definition) is 12. The Bertz CT molecular complexity index is 1390. The first-order valence-corrected chi connectivity index (χ1v) is 13.7. The second-order valence-corrected chi connectivity index (χ2v) is 11.7. The van der Waals surface area contributed by atoms with Gasteiger partial charge in [-0.2, -0.15) is 0 Å². The fourth-order valence-corrected chi connectivity index (χ4v) is 6.63. The molecule has 1 spiro atoms. The van der Waals surface area contributed by atoms with Gasteiger partial charge < -0.3 is 46.9 Å². The van der Waals surface area contributed by atoms with E-state index < -0.39 is 47.4 Å². The molecular weight excluding hydrogens is 534 g/mol. The van der Waals surface area contributed by atoms with E-state index in [9.17, 15) is 24.6 Å². The normalized spacial score (nSPS) is 31.0. The molecule has 0 aliphatic carbocycles. The number of para-hydroxylation sites is 1. The molecule has 5 aliphatic heterocycles. The van der Waals surface area contributed by atoms with E-state index in [-0.39, 0.29) is 42.5 Å². The van der Waals surface area contributed by atoms with Crippen LogP contribution in [0.2, 0.25) is 0 Å². The molecule has 0 radical (unpaired) electrons. The molecule has 6 rings (SSSR count). The van der Waals surface area contributed by atoms with E-state index in [0.29, 0.717) is 18.9 Å². The highest BCUT2D eigenvalue weighted by molar-refractivity contribution is 6.02. The second kappa shape index (κ2) is 8.94. The number of nitrogens with zero attached hydrogens (tertiary/aromatic N) is 5. The lowest BCUT2D eigenvalue weighted by atomic mass is 9.79. The van der Waals surface area contributed by atoms with Gasteiger partial charge in [-0.25, -0.2) is 14.8 Å². The number of hydrogen-bond donors (Lipinski definition) is 6. The number of urea groups is 1. The molecule has 5 heterocycles. The third kappa shape index (κ3) is 3.75. The van der Waals surface area contributed by atoms with Crippen LogP contribution in [0.1, 0.15) is 43.1 Å².